The largest absolute Gasteiger partial charge is 0.448 e. The SMILES string of the molecule is O=C1O[C@@H](C(=O)NCc2nncn2-c2ccccc2)Cc2ccccc21. The van der Waals surface area contributed by atoms with Crippen LogP contribution >= 0.6 is 0 Å². The number of hydrogen-bond acceptors (Lipinski definition) is 5. The summed E-state index contributed by atoms with van der Waals surface area (Å²) in [5.41, 5.74) is 2.23. The van der Waals surface area contributed by atoms with Crippen LogP contribution in [0.4, 0.5) is 0 Å². The van der Waals surface area contributed by atoms with Crippen molar-refractivity contribution in [2.24, 2.45) is 0 Å². The summed E-state index contributed by atoms with van der Waals surface area (Å²) in [5, 5.41) is 10.7. The standard InChI is InChI=1S/C19H16N4O3/c24-18(16-10-13-6-4-5-9-15(13)19(25)26-16)20-11-17-22-21-12-23(17)14-7-2-1-3-8-14/h1-9,12,16H,10-11H2,(H,20,24)/t16-/m1/s1. The third-order valence-corrected chi connectivity index (χ3v) is 4.26. The van der Waals surface area contributed by atoms with Gasteiger partial charge in [-0.1, -0.05) is 36.4 Å². The molecule has 1 aliphatic rings. The maximum Gasteiger partial charge on any atom is 0.339 e. The number of benzene rings is 2. The minimum absolute atomic E-state index is 0.184. The van der Waals surface area contributed by atoms with Crippen molar-refractivity contribution in [2.75, 3.05) is 0 Å². The summed E-state index contributed by atoms with van der Waals surface area (Å²) in [5.74, 6) is -0.234. The number of para-hydroxylation sites is 1. The van der Waals surface area contributed by atoms with E-state index in [1.165, 1.54) is 0 Å². The average Bonchev–Trinajstić information content (AvgIpc) is 3.15. The second kappa shape index (κ2) is 6.79. The van der Waals surface area contributed by atoms with E-state index < -0.39 is 12.1 Å². The van der Waals surface area contributed by atoms with Crippen LogP contribution in [0.1, 0.15) is 21.7 Å². The minimum atomic E-state index is -0.842. The van der Waals surface area contributed by atoms with Crippen molar-refractivity contribution in [2.45, 2.75) is 19.1 Å². The molecular weight excluding hydrogens is 332 g/mol. The van der Waals surface area contributed by atoms with Crippen LogP contribution in [0.5, 0.6) is 0 Å². The van der Waals surface area contributed by atoms with E-state index in [4.69, 9.17) is 4.74 Å². The van der Waals surface area contributed by atoms with Gasteiger partial charge in [0.15, 0.2) is 11.9 Å². The number of ether oxygens (including phenoxy) is 1. The molecule has 1 aromatic heterocycles. The van der Waals surface area contributed by atoms with Gasteiger partial charge in [0.25, 0.3) is 5.91 Å². The molecule has 1 aliphatic heterocycles. The lowest BCUT2D eigenvalue weighted by Gasteiger charge is -2.23. The third-order valence-electron chi connectivity index (χ3n) is 4.26. The van der Waals surface area contributed by atoms with E-state index in [0.29, 0.717) is 17.8 Å². The van der Waals surface area contributed by atoms with Gasteiger partial charge in [0.2, 0.25) is 0 Å². The van der Waals surface area contributed by atoms with Gasteiger partial charge in [-0.25, -0.2) is 4.79 Å². The number of esters is 1. The maximum atomic E-state index is 12.5. The molecule has 0 aliphatic carbocycles. The number of cyclic esters (lactones) is 1. The Morgan fingerprint density at radius 1 is 1.15 bits per heavy atom. The fourth-order valence-corrected chi connectivity index (χ4v) is 2.94. The topological polar surface area (TPSA) is 86.1 Å². The Balaban J connectivity index is 1.45. The lowest BCUT2D eigenvalue weighted by Crippen LogP contribution is -2.41. The normalized spacial score (nSPS) is 15.8. The zero-order valence-electron chi connectivity index (χ0n) is 13.8. The Kier molecular flexibility index (Phi) is 4.18. The van der Waals surface area contributed by atoms with Gasteiger partial charge in [-0.15, -0.1) is 10.2 Å². The predicted molar refractivity (Wildman–Crippen MR) is 92.6 cm³/mol. The van der Waals surface area contributed by atoms with Gasteiger partial charge in [0.1, 0.15) is 6.33 Å². The first-order chi connectivity index (χ1) is 12.7. The van der Waals surface area contributed by atoms with Crippen molar-refractivity contribution in [1.82, 2.24) is 20.1 Å². The van der Waals surface area contributed by atoms with E-state index in [1.54, 1.807) is 23.0 Å². The summed E-state index contributed by atoms with van der Waals surface area (Å²) in [4.78, 5) is 24.5. The first kappa shape index (κ1) is 16.0. The molecule has 0 saturated carbocycles. The van der Waals surface area contributed by atoms with Crippen molar-refractivity contribution in [3.8, 4) is 5.69 Å². The van der Waals surface area contributed by atoms with Crippen LogP contribution in [0.25, 0.3) is 5.69 Å². The highest BCUT2D eigenvalue weighted by molar-refractivity contribution is 5.95. The third kappa shape index (κ3) is 3.06. The average molecular weight is 348 g/mol. The summed E-state index contributed by atoms with van der Waals surface area (Å²) in [6, 6.07) is 16.8. The van der Waals surface area contributed by atoms with Crippen molar-refractivity contribution >= 4 is 11.9 Å². The van der Waals surface area contributed by atoms with Crippen molar-refractivity contribution in [3.05, 3.63) is 77.9 Å². The van der Waals surface area contributed by atoms with Gasteiger partial charge in [0, 0.05) is 12.1 Å². The molecule has 0 radical (unpaired) electrons. The number of hydrogen-bond donors (Lipinski definition) is 1. The fourth-order valence-electron chi connectivity index (χ4n) is 2.94. The molecule has 7 heteroatoms. The van der Waals surface area contributed by atoms with Crippen molar-refractivity contribution in [3.63, 3.8) is 0 Å². The Hall–Kier alpha value is -3.48. The number of fused-ring (bicyclic) bond motifs is 1. The van der Waals surface area contributed by atoms with Gasteiger partial charge >= 0.3 is 5.97 Å². The first-order valence-electron chi connectivity index (χ1n) is 8.23. The zero-order valence-corrected chi connectivity index (χ0v) is 13.8. The van der Waals surface area contributed by atoms with E-state index in [2.05, 4.69) is 15.5 Å². The van der Waals surface area contributed by atoms with Crippen LogP contribution in [0.2, 0.25) is 0 Å². The molecule has 1 amide bonds. The quantitative estimate of drug-likeness (QED) is 0.725. The highest BCUT2D eigenvalue weighted by Gasteiger charge is 2.31. The van der Waals surface area contributed by atoms with E-state index in [-0.39, 0.29) is 12.5 Å². The Morgan fingerprint density at radius 2 is 1.92 bits per heavy atom. The molecule has 0 fully saturated rings. The minimum Gasteiger partial charge on any atom is -0.448 e. The smallest absolute Gasteiger partial charge is 0.339 e. The summed E-state index contributed by atoms with van der Waals surface area (Å²) < 4.78 is 7.06. The van der Waals surface area contributed by atoms with Crippen LogP contribution in [-0.2, 0) is 22.5 Å². The van der Waals surface area contributed by atoms with E-state index in [9.17, 15) is 9.59 Å². The van der Waals surface area contributed by atoms with E-state index in [0.717, 1.165) is 11.3 Å². The van der Waals surface area contributed by atoms with E-state index in [1.807, 2.05) is 42.5 Å². The molecule has 7 nitrogen and oxygen atoms in total. The lowest BCUT2D eigenvalue weighted by molar-refractivity contribution is -0.130. The number of carbonyl (C=O) groups is 2. The molecule has 0 unspecified atom stereocenters. The lowest BCUT2D eigenvalue weighted by atomic mass is 9.98. The number of carbonyl (C=O) groups excluding carboxylic acids is 2. The van der Waals surface area contributed by atoms with Gasteiger partial charge in [-0.3, -0.25) is 9.36 Å². The Labute approximate surface area is 149 Å². The molecule has 26 heavy (non-hydrogen) atoms. The number of amides is 1. The summed E-state index contributed by atoms with van der Waals surface area (Å²) in [7, 11) is 0. The van der Waals surface area contributed by atoms with Gasteiger partial charge in [-0.05, 0) is 23.8 Å². The molecule has 1 atom stereocenters. The van der Waals surface area contributed by atoms with Gasteiger partial charge < -0.3 is 10.1 Å². The Morgan fingerprint density at radius 3 is 2.77 bits per heavy atom. The van der Waals surface area contributed by atoms with Gasteiger partial charge in [0.05, 0.1) is 12.1 Å². The molecule has 130 valence electrons. The molecule has 2 heterocycles. The monoisotopic (exact) mass is 348 g/mol. The summed E-state index contributed by atoms with van der Waals surface area (Å²) >= 11 is 0. The van der Waals surface area contributed by atoms with Crippen LogP contribution in [0.15, 0.2) is 60.9 Å². The predicted octanol–water partition coefficient (Wildman–Crippen LogP) is 1.67. The second-order valence-corrected chi connectivity index (χ2v) is 5.93. The van der Waals surface area contributed by atoms with Crippen LogP contribution in [0, 0.1) is 0 Å². The molecule has 0 bridgehead atoms. The molecule has 3 aromatic rings. The Bertz CT molecular complexity index is 952. The van der Waals surface area contributed by atoms with Crippen LogP contribution in [0.3, 0.4) is 0 Å². The highest BCUT2D eigenvalue weighted by Crippen LogP contribution is 2.20. The highest BCUT2D eigenvalue weighted by atomic mass is 16.5. The number of aromatic nitrogens is 3. The number of rotatable bonds is 4. The number of nitrogens with one attached hydrogen (secondary N) is 1. The summed E-state index contributed by atoms with van der Waals surface area (Å²) in [6.45, 7) is 0.184. The maximum absolute atomic E-state index is 12.5. The first-order valence-corrected chi connectivity index (χ1v) is 8.23. The zero-order chi connectivity index (χ0) is 17.9. The molecule has 2 aromatic carbocycles. The number of nitrogens with zero attached hydrogens (tertiary/aromatic N) is 3. The fraction of sp³-hybridized carbons (Fsp3) is 0.158. The van der Waals surface area contributed by atoms with Crippen molar-refractivity contribution < 1.29 is 14.3 Å². The molecule has 4 rings (SSSR count). The summed E-state index contributed by atoms with van der Waals surface area (Å²) in [6.07, 6.45) is 1.11. The molecule has 0 saturated heterocycles. The van der Waals surface area contributed by atoms with Crippen molar-refractivity contribution in [1.29, 1.82) is 0 Å². The van der Waals surface area contributed by atoms with Crippen LogP contribution in [-0.4, -0.2) is 32.7 Å². The molecule has 0 spiro atoms. The second-order valence-electron chi connectivity index (χ2n) is 5.93. The molecule has 1 N–H and O–H groups in total. The van der Waals surface area contributed by atoms with E-state index >= 15 is 0 Å². The van der Waals surface area contributed by atoms with Crippen LogP contribution < -0.4 is 5.32 Å². The molecular formula is C19H16N4O3. The van der Waals surface area contributed by atoms with Gasteiger partial charge in [-0.2, -0.15) is 0 Å².